The zero-order chi connectivity index (χ0) is 21.3. The van der Waals surface area contributed by atoms with Crippen molar-refractivity contribution in [2.45, 2.75) is 24.7 Å². The van der Waals surface area contributed by atoms with Gasteiger partial charge in [-0.2, -0.15) is 5.26 Å². The molecule has 2 atom stereocenters. The van der Waals surface area contributed by atoms with Crippen LogP contribution in [0.25, 0.3) is 0 Å². The number of methoxy groups -OCH3 is 2. The molecule has 0 spiro atoms. The highest BCUT2D eigenvalue weighted by molar-refractivity contribution is 6.00. The zero-order valence-electron chi connectivity index (χ0n) is 16.8. The van der Waals surface area contributed by atoms with Crippen LogP contribution in [0.2, 0.25) is 0 Å². The van der Waals surface area contributed by atoms with Gasteiger partial charge in [-0.3, -0.25) is 4.79 Å². The summed E-state index contributed by atoms with van der Waals surface area (Å²) in [6, 6.07) is 17.3. The van der Waals surface area contributed by atoms with E-state index in [0.717, 1.165) is 5.56 Å². The van der Waals surface area contributed by atoms with E-state index in [1.807, 2.05) is 30.3 Å². The van der Waals surface area contributed by atoms with Crippen LogP contribution >= 0.6 is 0 Å². The Morgan fingerprint density at radius 2 is 1.87 bits per heavy atom. The Bertz CT molecular complexity index is 1100. The van der Waals surface area contributed by atoms with Crippen LogP contribution in [-0.4, -0.2) is 20.0 Å². The predicted octanol–water partition coefficient (Wildman–Crippen LogP) is 3.91. The Morgan fingerprint density at radius 3 is 2.53 bits per heavy atom. The van der Waals surface area contributed by atoms with Crippen molar-refractivity contribution in [1.82, 2.24) is 0 Å². The van der Waals surface area contributed by atoms with Gasteiger partial charge < -0.3 is 19.9 Å². The van der Waals surface area contributed by atoms with Crippen LogP contribution in [0.1, 0.15) is 35.8 Å². The van der Waals surface area contributed by atoms with Crippen LogP contribution in [0.3, 0.4) is 0 Å². The monoisotopic (exact) mass is 402 g/mol. The van der Waals surface area contributed by atoms with E-state index in [4.69, 9.17) is 19.9 Å². The normalized spacial score (nSPS) is 20.9. The van der Waals surface area contributed by atoms with Gasteiger partial charge in [-0.25, -0.2) is 0 Å². The van der Waals surface area contributed by atoms with Crippen molar-refractivity contribution in [2.75, 3.05) is 14.2 Å². The molecular weight excluding hydrogens is 380 g/mol. The summed E-state index contributed by atoms with van der Waals surface area (Å²) >= 11 is 0. The van der Waals surface area contributed by atoms with Gasteiger partial charge in [0.05, 0.1) is 20.1 Å². The van der Waals surface area contributed by atoms with Crippen molar-refractivity contribution in [3.8, 4) is 17.6 Å². The molecule has 0 aromatic heterocycles. The number of benzene rings is 2. The van der Waals surface area contributed by atoms with E-state index in [2.05, 4.69) is 6.07 Å². The average Bonchev–Trinajstić information content (AvgIpc) is 2.78. The molecule has 30 heavy (non-hydrogen) atoms. The van der Waals surface area contributed by atoms with Gasteiger partial charge in [0.25, 0.3) is 0 Å². The molecule has 0 radical (unpaired) electrons. The number of carbonyl (C=O) groups is 1. The smallest absolute Gasteiger partial charge is 0.205 e. The van der Waals surface area contributed by atoms with Gasteiger partial charge in [0.2, 0.25) is 5.88 Å². The Kier molecular flexibility index (Phi) is 5.20. The summed E-state index contributed by atoms with van der Waals surface area (Å²) in [5.74, 6) is 1.02. The van der Waals surface area contributed by atoms with Crippen molar-refractivity contribution in [1.29, 1.82) is 5.26 Å². The first-order chi connectivity index (χ1) is 14.6. The molecule has 152 valence electrons. The third-order valence-electron chi connectivity index (χ3n) is 5.68. The fraction of sp³-hybridized carbons (Fsp3) is 0.250. The number of nitrogens with two attached hydrogens (primary N) is 1. The molecule has 1 aliphatic heterocycles. The van der Waals surface area contributed by atoms with Crippen molar-refractivity contribution in [2.24, 2.45) is 5.73 Å². The van der Waals surface area contributed by atoms with Crippen LogP contribution in [0.15, 0.2) is 71.3 Å². The quantitative estimate of drug-likeness (QED) is 0.833. The first-order valence-electron chi connectivity index (χ1n) is 9.68. The van der Waals surface area contributed by atoms with E-state index < -0.39 is 5.92 Å². The van der Waals surface area contributed by atoms with Crippen molar-refractivity contribution < 1.29 is 19.0 Å². The number of nitrogens with zero attached hydrogens (tertiary/aromatic N) is 1. The van der Waals surface area contributed by atoms with Gasteiger partial charge in [0.1, 0.15) is 28.9 Å². The van der Waals surface area contributed by atoms with Crippen LogP contribution in [-0.2, 0) is 9.53 Å². The topological polar surface area (TPSA) is 94.6 Å². The Labute approximate surface area is 175 Å². The molecule has 2 N–H and O–H groups in total. The molecule has 1 aliphatic carbocycles. The van der Waals surface area contributed by atoms with Gasteiger partial charge in [-0.15, -0.1) is 0 Å². The molecule has 6 heteroatoms. The molecule has 0 amide bonds. The Hall–Kier alpha value is -3.72. The average molecular weight is 402 g/mol. The summed E-state index contributed by atoms with van der Waals surface area (Å²) in [6.07, 6.45) is 0.888. The standard InChI is InChI=1S/C24H22N2O4/c1-28-16-8-9-17(20(12-16)29-2)22-18(13-25)24(26)30-21-11-15(10-19(27)23(21)22)14-6-4-3-5-7-14/h3-9,12,15,22H,10-11,26H2,1-2H3/t15-,22-/m1/s1. The first-order valence-corrected chi connectivity index (χ1v) is 9.68. The van der Waals surface area contributed by atoms with Gasteiger partial charge in [-0.1, -0.05) is 36.4 Å². The highest BCUT2D eigenvalue weighted by atomic mass is 16.5. The van der Waals surface area contributed by atoms with Crippen LogP contribution < -0.4 is 15.2 Å². The molecule has 0 bridgehead atoms. The van der Waals surface area contributed by atoms with Gasteiger partial charge >= 0.3 is 0 Å². The largest absolute Gasteiger partial charge is 0.497 e. The molecule has 4 rings (SSSR count). The van der Waals surface area contributed by atoms with E-state index in [-0.39, 0.29) is 23.2 Å². The minimum atomic E-state index is -0.635. The number of ketones is 1. The fourth-order valence-electron chi connectivity index (χ4n) is 4.24. The van der Waals surface area contributed by atoms with Crippen molar-refractivity contribution >= 4 is 5.78 Å². The van der Waals surface area contributed by atoms with E-state index in [9.17, 15) is 10.1 Å². The number of hydrogen-bond acceptors (Lipinski definition) is 6. The lowest BCUT2D eigenvalue weighted by Gasteiger charge is -2.34. The third-order valence-corrected chi connectivity index (χ3v) is 5.68. The van der Waals surface area contributed by atoms with Gasteiger partial charge in [-0.05, 0) is 17.5 Å². The maximum absolute atomic E-state index is 13.3. The first kappa shape index (κ1) is 19.6. The maximum Gasteiger partial charge on any atom is 0.205 e. The van der Waals surface area contributed by atoms with Crippen LogP contribution in [0.4, 0.5) is 0 Å². The van der Waals surface area contributed by atoms with Crippen LogP contribution in [0, 0.1) is 11.3 Å². The molecule has 0 saturated heterocycles. The van der Waals surface area contributed by atoms with Crippen molar-refractivity contribution in [3.05, 3.63) is 82.4 Å². The highest BCUT2D eigenvalue weighted by Crippen LogP contribution is 2.48. The summed E-state index contributed by atoms with van der Waals surface area (Å²) in [5, 5.41) is 9.80. The number of hydrogen-bond donors (Lipinski definition) is 1. The number of ether oxygens (including phenoxy) is 3. The highest BCUT2D eigenvalue weighted by Gasteiger charge is 2.41. The minimum absolute atomic E-state index is 0.00676. The SMILES string of the molecule is COc1ccc([C@@H]2C(C#N)=C(N)OC3=C2C(=O)C[C@@H](c2ccccc2)C3)c(OC)c1. The third kappa shape index (κ3) is 3.29. The summed E-state index contributed by atoms with van der Waals surface area (Å²) in [6.45, 7) is 0. The number of allylic oxidation sites excluding steroid dienone is 3. The summed E-state index contributed by atoms with van der Waals surface area (Å²) in [4.78, 5) is 13.3. The van der Waals surface area contributed by atoms with E-state index >= 15 is 0 Å². The molecule has 2 aromatic rings. The lowest BCUT2D eigenvalue weighted by molar-refractivity contribution is -0.117. The Balaban J connectivity index is 1.83. The minimum Gasteiger partial charge on any atom is -0.497 e. The summed E-state index contributed by atoms with van der Waals surface area (Å²) in [5.41, 5.74) is 8.58. The van der Waals surface area contributed by atoms with Gasteiger partial charge in [0, 0.05) is 30.0 Å². The second-order valence-corrected chi connectivity index (χ2v) is 7.31. The fourth-order valence-corrected chi connectivity index (χ4v) is 4.24. The number of nitriles is 1. The van der Waals surface area contributed by atoms with E-state index in [1.54, 1.807) is 32.4 Å². The van der Waals surface area contributed by atoms with Crippen molar-refractivity contribution in [3.63, 3.8) is 0 Å². The molecule has 0 saturated carbocycles. The zero-order valence-corrected chi connectivity index (χ0v) is 16.8. The second-order valence-electron chi connectivity index (χ2n) is 7.31. The summed E-state index contributed by atoms with van der Waals surface area (Å²) in [7, 11) is 3.11. The summed E-state index contributed by atoms with van der Waals surface area (Å²) < 4.78 is 16.6. The molecular formula is C24H22N2O4. The number of carbonyl (C=O) groups excluding carboxylic acids is 1. The molecule has 0 fully saturated rings. The predicted molar refractivity (Wildman–Crippen MR) is 111 cm³/mol. The molecule has 2 aromatic carbocycles. The Morgan fingerprint density at radius 1 is 1.10 bits per heavy atom. The lowest BCUT2D eigenvalue weighted by Crippen LogP contribution is -2.30. The van der Waals surface area contributed by atoms with Crippen LogP contribution in [0.5, 0.6) is 11.5 Å². The molecule has 2 aliphatic rings. The molecule has 6 nitrogen and oxygen atoms in total. The van der Waals surface area contributed by atoms with Gasteiger partial charge in [0.15, 0.2) is 5.78 Å². The number of Topliss-reactive ketones (excluding diaryl/α,β-unsaturated/α-hetero) is 1. The second kappa shape index (κ2) is 7.96. The van der Waals surface area contributed by atoms with E-state index in [1.165, 1.54) is 0 Å². The van der Waals surface area contributed by atoms with E-state index in [0.29, 0.717) is 41.2 Å². The lowest BCUT2D eigenvalue weighted by atomic mass is 9.73. The number of rotatable bonds is 4. The maximum atomic E-state index is 13.3. The molecule has 0 unspecified atom stereocenters. The molecule has 1 heterocycles.